The number of nitrogens with zero attached hydrogens (tertiary/aromatic N) is 1. The first-order valence-electron chi connectivity index (χ1n) is 10.9. The lowest BCUT2D eigenvalue weighted by molar-refractivity contribution is 0.0355. The minimum atomic E-state index is -0.715. The van der Waals surface area contributed by atoms with Crippen LogP contribution in [0.15, 0.2) is 53.5 Å². The number of rotatable bonds is 9. The Bertz CT molecular complexity index is 874. The van der Waals surface area contributed by atoms with E-state index in [4.69, 9.17) is 9.47 Å². The van der Waals surface area contributed by atoms with Gasteiger partial charge in [0, 0.05) is 44.5 Å². The van der Waals surface area contributed by atoms with Gasteiger partial charge < -0.3 is 25.4 Å². The van der Waals surface area contributed by atoms with Gasteiger partial charge in [-0.05, 0) is 37.5 Å². The van der Waals surface area contributed by atoms with Crippen LogP contribution in [0.1, 0.15) is 31.4 Å². The van der Waals surface area contributed by atoms with Crippen LogP contribution in [-0.4, -0.2) is 51.5 Å². The van der Waals surface area contributed by atoms with Gasteiger partial charge in [0.05, 0.1) is 6.54 Å². The summed E-state index contributed by atoms with van der Waals surface area (Å²) in [6, 6.07) is 13.8. The zero-order chi connectivity index (χ0) is 22.8. The third-order valence-corrected chi connectivity index (χ3v) is 5.64. The fourth-order valence-corrected chi connectivity index (χ4v) is 3.81. The van der Waals surface area contributed by atoms with Crippen LogP contribution < -0.4 is 20.7 Å². The van der Waals surface area contributed by atoms with Gasteiger partial charge in [0.15, 0.2) is 17.5 Å². The summed E-state index contributed by atoms with van der Waals surface area (Å²) in [7, 11) is 1.70. The summed E-state index contributed by atoms with van der Waals surface area (Å²) in [4.78, 5) is 4.27. The summed E-state index contributed by atoms with van der Waals surface area (Å²) in [5, 5.41) is 10.4. The lowest BCUT2D eigenvalue weighted by Crippen LogP contribution is -2.58. The topological polar surface area (TPSA) is 66.9 Å². The number of guanidine groups is 1. The van der Waals surface area contributed by atoms with Gasteiger partial charge in [-0.1, -0.05) is 30.3 Å². The van der Waals surface area contributed by atoms with Gasteiger partial charge in [-0.15, -0.1) is 0 Å². The minimum absolute atomic E-state index is 0.0244. The van der Waals surface area contributed by atoms with Gasteiger partial charge in [0.25, 0.3) is 0 Å². The highest BCUT2D eigenvalue weighted by Crippen LogP contribution is 2.25. The van der Waals surface area contributed by atoms with E-state index in [0.29, 0.717) is 32.3 Å². The second-order valence-electron chi connectivity index (χ2n) is 7.95. The summed E-state index contributed by atoms with van der Waals surface area (Å²) < 4.78 is 37.6. The molecule has 0 spiro atoms. The molecule has 174 valence electrons. The van der Waals surface area contributed by atoms with E-state index in [-0.39, 0.29) is 23.9 Å². The van der Waals surface area contributed by atoms with Crippen molar-refractivity contribution in [3.8, 4) is 5.75 Å². The number of ether oxygens (including phenoxy) is 2. The van der Waals surface area contributed by atoms with Crippen molar-refractivity contribution >= 4 is 5.96 Å². The normalized spacial score (nSPS) is 16.9. The molecule has 32 heavy (non-hydrogen) atoms. The Morgan fingerprint density at radius 1 is 1.12 bits per heavy atom. The second-order valence-corrected chi connectivity index (χ2v) is 7.95. The molecule has 1 saturated heterocycles. The third kappa shape index (κ3) is 6.90. The molecule has 1 heterocycles. The van der Waals surface area contributed by atoms with E-state index in [1.807, 2.05) is 18.2 Å². The van der Waals surface area contributed by atoms with Gasteiger partial charge >= 0.3 is 0 Å². The molecule has 1 atom stereocenters. The van der Waals surface area contributed by atoms with E-state index in [1.165, 1.54) is 17.7 Å². The molecule has 1 aliphatic heterocycles. The first-order valence-corrected chi connectivity index (χ1v) is 10.9. The summed E-state index contributed by atoms with van der Waals surface area (Å²) in [5.74, 6) is -0.688. The fourth-order valence-electron chi connectivity index (χ4n) is 3.81. The number of halogens is 2. The van der Waals surface area contributed by atoms with Crippen LogP contribution in [0.5, 0.6) is 5.75 Å². The third-order valence-electron chi connectivity index (χ3n) is 5.64. The lowest BCUT2D eigenvalue weighted by Gasteiger charge is -2.41. The molecule has 1 aliphatic rings. The zero-order valence-corrected chi connectivity index (χ0v) is 18.7. The Kier molecular flexibility index (Phi) is 8.81. The Balaban J connectivity index is 1.50. The first-order chi connectivity index (χ1) is 15.5. The van der Waals surface area contributed by atoms with Crippen LogP contribution in [0, 0.1) is 11.6 Å². The van der Waals surface area contributed by atoms with E-state index < -0.39 is 11.6 Å². The smallest absolute Gasteiger partial charge is 0.191 e. The molecule has 3 rings (SSSR count). The van der Waals surface area contributed by atoms with Gasteiger partial charge in [0.2, 0.25) is 0 Å². The Morgan fingerprint density at radius 2 is 1.88 bits per heavy atom. The number of nitrogens with one attached hydrogen (secondary N) is 3. The summed E-state index contributed by atoms with van der Waals surface area (Å²) in [6.45, 7) is 4.90. The maximum atomic E-state index is 13.7. The van der Waals surface area contributed by atoms with Crippen LogP contribution >= 0.6 is 0 Å². The lowest BCUT2D eigenvalue weighted by atomic mass is 9.88. The van der Waals surface area contributed by atoms with Gasteiger partial charge in [-0.3, -0.25) is 4.99 Å². The molecule has 0 aliphatic carbocycles. The van der Waals surface area contributed by atoms with E-state index in [2.05, 4.69) is 40.0 Å². The molecule has 0 bridgehead atoms. The van der Waals surface area contributed by atoms with E-state index in [9.17, 15) is 8.78 Å². The summed E-state index contributed by atoms with van der Waals surface area (Å²) >= 11 is 0. The maximum Gasteiger partial charge on any atom is 0.191 e. The SMILES string of the molecule is CN=C(NCCOc1ccc(F)cc1F)NCC1(NC(C)c2ccccc2)CCOCC1. The van der Waals surface area contributed by atoms with Gasteiger partial charge in [-0.2, -0.15) is 0 Å². The first kappa shape index (κ1) is 23.9. The average molecular weight is 447 g/mol. The predicted molar refractivity (Wildman–Crippen MR) is 122 cm³/mol. The van der Waals surface area contributed by atoms with Crippen LogP contribution in [-0.2, 0) is 4.74 Å². The van der Waals surface area contributed by atoms with Crippen molar-refractivity contribution in [3.63, 3.8) is 0 Å². The maximum absolute atomic E-state index is 13.7. The Morgan fingerprint density at radius 3 is 2.56 bits per heavy atom. The molecule has 0 saturated carbocycles. The van der Waals surface area contributed by atoms with Crippen molar-refractivity contribution in [2.75, 3.05) is 40.0 Å². The van der Waals surface area contributed by atoms with Gasteiger partial charge in [0.1, 0.15) is 12.4 Å². The molecule has 8 heteroatoms. The standard InChI is InChI=1S/C24H32F2N4O2/c1-18(19-6-4-3-5-7-19)30-24(10-13-31-14-11-24)17-29-23(27-2)28-12-15-32-22-9-8-20(25)16-21(22)26/h3-9,16,18,30H,10-15,17H2,1-2H3,(H2,27,28,29). The largest absolute Gasteiger partial charge is 0.489 e. The van der Waals surface area contributed by atoms with Crippen LogP contribution in [0.25, 0.3) is 0 Å². The van der Waals surface area contributed by atoms with Crippen LogP contribution in [0.3, 0.4) is 0 Å². The summed E-state index contributed by atoms with van der Waals surface area (Å²) in [6.07, 6.45) is 1.78. The molecule has 0 radical (unpaired) electrons. The van der Waals surface area contributed by atoms with E-state index in [0.717, 1.165) is 18.9 Å². The van der Waals surface area contributed by atoms with Crippen LogP contribution in [0.2, 0.25) is 0 Å². The number of benzene rings is 2. The summed E-state index contributed by atoms with van der Waals surface area (Å²) in [5.41, 5.74) is 1.12. The average Bonchev–Trinajstić information content (AvgIpc) is 2.81. The molecule has 1 fully saturated rings. The number of aliphatic imine (C=N–C) groups is 1. The van der Waals surface area contributed by atoms with Crippen molar-refractivity contribution in [1.82, 2.24) is 16.0 Å². The highest BCUT2D eigenvalue weighted by Gasteiger charge is 2.34. The quantitative estimate of drug-likeness (QED) is 0.313. The van der Waals surface area contributed by atoms with Crippen molar-refractivity contribution < 1.29 is 18.3 Å². The Hall–Kier alpha value is -2.71. The van der Waals surface area contributed by atoms with Crippen molar-refractivity contribution in [3.05, 3.63) is 65.7 Å². The monoisotopic (exact) mass is 446 g/mol. The Labute approximate surface area is 188 Å². The highest BCUT2D eigenvalue weighted by molar-refractivity contribution is 5.79. The molecule has 6 nitrogen and oxygen atoms in total. The highest BCUT2D eigenvalue weighted by atomic mass is 19.1. The molecule has 1 unspecified atom stereocenters. The zero-order valence-electron chi connectivity index (χ0n) is 18.7. The van der Waals surface area contributed by atoms with Crippen molar-refractivity contribution in [2.45, 2.75) is 31.3 Å². The predicted octanol–water partition coefficient (Wildman–Crippen LogP) is 3.41. The van der Waals surface area contributed by atoms with Crippen molar-refractivity contribution in [1.29, 1.82) is 0 Å². The molecule has 0 amide bonds. The molecule has 2 aromatic carbocycles. The molecule has 3 N–H and O–H groups in total. The van der Waals surface area contributed by atoms with E-state index in [1.54, 1.807) is 7.05 Å². The van der Waals surface area contributed by atoms with E-state index >= 15 is 0 Å². The minimum Gasteiger partial charge on any atom is -0.489 e. The number of hydrogen-bond acceptors (Lipinski definition) is 4. The molecular weight excluding hydrogens is 414 g/mol. The van der Waals surface area contributed by atoms with Crippen molar-refractivity contribution in [2.24, 2.45) is 4.99 Å². The fraction of sp³-hybridized carbons (Fsp3) is 0.458. The molecule has 0 aromatic heterocycles. The second kappa shape index (κ2) is 11.8. The molecule has 2 aromatic rings. The van der Waals surface area contributed by atoms with Crippen LogP contribution in [0.4, 0.5) is 8.78 Å². The number of hydrogen-bond donors (Lipinski definition) is 3. The molecular formula is C24H32F2N4O2. The van der Waals surface area contributed by atoms with Gasteiger partial charge in [-0.25, -0.2) is 8.78 Å².